The molecule has 62 valence electrons. The molecular weight excluding hydrogens is 146 g/mol. The lowest BCUT2D eigenvalue weighted by Gasteiger charge is -2.10. The first-order valence-electron chi connectivity index (χ1n) is 3.24. The van der Waals surface area contributed by atoms with Crippen LogP contribution in [-0.2, 0) is 14.3 Å². The number of rotatable bonds is 3. The lowest BCUT2D eigenvalue weighted by atomic mass is 10.4. The molecule has 0 aromatic carbocycles. The zero-order chi connectivity index (χ0) is 8.85. The molecule has 4 nitrogen and oxygen atoms in total. The molecule has 0 aliphatic carbocycles. The van der Waals surface area contributed by atoms with Crippen LogP contribution in [0.15, 0.2) is 0 Å². The Hall–Kier alpha value is -1.08. The largest absolute Gasteiger partial charge is 0.466 e. The first-order valence-corrected chi connectivity index (χ1v) is 3.24. The van der Waals surface area contributed by atoms with Gasteiger partial charge in [0.25, 0.3) is 0 Å². The molecule has 0 radical (unpaired) electrons. The van der Waals surface area contributed by atoms with Crippen LogP contribution >= 0.6 is 0 Å². The van der Waals surface area contributed by atoms with Crippen LogP contribution in [-0.4, -0.2) is 25.3 Å². The molecule has 0 aliphatic heterocycles. The minimum Gasteiger partial charge on any atom is -0.466 e. The molecule has 0 fully saturated rings. The number of methoxy groups -OCH3 is 1. The maximum absolute atomic E-state index is 10.7. The minimum absolute atomic E-state index is 0.154. The molecule has 0 aromatic heterocycles. The molecule has 1 atom stereocenters. The highest BCUT2D eigenvalue weighted by molar-refractivity contribution is 5.77. The molecule has 0 bridgehead atoms. The van der Waals surface area contributed by atoms with Crippen LogP contribution in [0.25, 0.3) is 0 Å². The third kappa shape index (κ3) is 3.58. The van der Waals surface area contributed by atoms with Gasteiger partial charge in [-0.25, -0.2) is 4.79 Å². The Morgan fingerprint density at radius 3 is 2.36 bits per heavy atom. The topological polar surface area (TPSA) is 59.3 Å². The van der Waals surface area contributed by atoms with E-state index in [9.17, 15) is 4.79 Å². The molecule has 0 aliphatic rings. The molecule has 0 N–H and O–H groups in total. The Kier molecular flexibility index (Phi) is 4.23. The van der Waals surface area contributed by atoms with Crippen LogP contribution in [0.4, 0.5) is 0 Å². The number of carbonyl (C=O) groups excluding carboxylic acids is 1. The minimum atomic E-state index is -1.10. The fraction of sp³-hybridized carbons (Fsp3) is 0.714. The summed E-state index contributed by atoms with van der Waals surface area (Å²) in [6.45, 7) is 3.49. The lowest BCUT2D eigenvalue weighted by Crippen LogP contribution is -2.26. The van der Waals surface area contributed by atoms with Crippen molar-refractivity contribution < 1.29 is 14.3 Å². The van der Waals surface area contributed by atoms with E-state index >= 15 is 0 Å². The smallest absolute Gasteiger partial charge is 0.349 e. The summed E-state index contributed by atoms with van der Waals surface area (Å²) in [6.07, 6.45) is -1.25. The highest BCUT2D eigenvalue weighted by Crippen LogP contribution is 1.98. The van der Waals surface area contributed by atoms with E-state index in [4.69, 9.17) is 10.00 Å². The second-order valence-corrected chi connectivity index (χ2v) is 2.22. The zero-order valence-corrected chi connectivity index (χ0v) is 6.83. The number of hydrogen-bond acceptors (Lipinski definition) is 4. The summed E-state index contributed by atoms with van der Waals surface area (Å²) in [6, 6.07) is 1.69. The number of esters is 1. The second kappa shape index (κ2) is 4.69. The van der Waals surface area contributed by atoms with Crippen molar-refractivity contribution in [3.05, 3.63) is 0 Å². The molecule has 0 saturated heterocycles. The van der Waals surface area contributed by atoms with Crippen LogP contribution in [0.2, 0.25) is 0 Å². The molecule has 11 heavy (non-hydrogen) atoms. The van der Waals surface area contributed by atoms with Gasteiger partial charge in [0, 0.05) is 0 Å². The summed E-state index contributed by atoms with van der Waals surface area (Å²) in [7, 11) is 1.22. The average Bonchev–Trinajstić information content (AvgIpc) is 1.98. The Morgan fingerprint density at radius 2 is 2.09 bits per heavy atom. The van der Waals surface area contributed by atoms with E-state index in [-0.39, 0.29) is 6.10 Å². The summed E-state index contributed by atoms with van der Waals surface area (Å²) >= 11 is 0. The number of hydrogen-bond donors (Lipinski definition) is 0. The Labute approximate surface area is 65.7 Å². The maximum Gasteiger partial charge on any atom is 0.349 e. The van der Waals surface area contributed by atoms with Crippen molar-refractivity contribution in [1.29, 1.82) is 5.26 Å². The zero-order valence-electron chi connectivity index (χ0n) is 6.83. The summed E-state index contributed by atoms with van der Waals surface area (Å²) in [5.74, 6) is -0.652. The van der Waals surface area contributed by atoms with Crippen molar-refractivity contribution in [3.8, 4) is 6.07 Å². The van der Waals surface area contributed by atoms with Crippen LogP contribution in [0.3, 0.4) is 0 Å². The fourth-order valence-electron chi connectivity index (χ4n) is 0.518. The predicted molar refractivity (Wildman–Crippen MR) is 37.6 cm³/mol. The predicted octanol–water partition coefficient (Wildman–Crippen LogP) is 0.477. The number of carbonyl (C=O) groups is 1. The summed E-state index contributed by atoms with van der Waals surface area (Å²) < 4.78 is 9.23. The van der Waals surface area contributed by atoms with E-state index in [0.29, 0.717) is 0 Å². The van der Waals surface area contributed by atoms with Crippen LogP contribution in [0.1, 0.15) is 13.8 Å². The number of nitrogens with zero attached hydrogens (tertiary/aromatic N) is 1. The van der Waals surface area contributed by atoms with Gasteiger partial charge in [-0.3, -0.25) is 0 Å². The quantitative estimate of drug-likeness (QED) is 0.559. The van der Waals surface area contributed by atoms with Gasteiger partial charge in [-0.2, -0.15) is 5.26 Å². The average molecular weight is 157 g/mol. The van der Waals surface area contributed by atoms with Gasteiger partial charge in [0.05, 0.1) is 13.2 Å². The molecule has 0 spiro atoms. The highest BCUT2D eigenvalue weighted by Gasteiger charge is 2.19. The summed E-state index contributed by atoms with van der Waals surface area (Å²) in [4.78, 5) is 10.7. The standard InChI is InChI=1S/C7H11NO3/c1-5(2)11-6(4-8)7(9)10-3/h5-6H,1-3H3. The van der Waals surface area contributed by atoms with E-state index in [2.05, 4.69) is 4.74 Å². The van der Waals surface area contributed by atoms with E-state index in [1.54, 1.807) is 19.9 Å². The molecule has 0 heterocycles. The number of nitriles is 1. The number of ether oxygens (including phenoxy) is 2. The second-order valence-electron chi connectivity index (χ2n) is 2.22. The Morgan fingerprint density at radius 1 is 1.55 bits per heavy atom. The fourth-order valence-corrected chi connectivity index (χ4v) is 0.518. The maximum atomic E-state index is 10.7. The molecule has 1 unspecified atom stereocenters. The van der Waals surface area contributed by atoms with Crippen molar-refractivity contribution in [2.24, 2.45) is 0 Å². The SMILES string of the molecule is COC(=O)C(C#N)OC(C)C. The van der Waals surface area contributed by atoms with Crippen molar-refractivity contribution in [1.82, 2.24) is 0 Å². The van der Waals surface area contributed by atoms with Gasteiger partial charge >= 0.3 is 5.97 Å². The van der Waals surface area contributed by atoms with E-state index in [1.165, 1.54) is 7.11 Å². The van der Waals surface area contributed by atoms with Crippen molar-refractivity contribution in [3.63, 3.8) is 0 Å². The Balaban J connectivity index is 3.98. The first-order chi connectivity index (χ1) is 5.11. The summed E-state index contributed by atoms with van der Waals surface area (Å²) in [5, 5.41) is 8.40. The van der Waals surface area contributed by atoms with Crippen molar-refractivity contribution >= 4 is 5.97 Å². The third-order valence-corrected chi connectivity index (χ3v) is 0.941. The van der Waals surface area contributed by atoms with Gasteiger partial charge in [0.2, 0.25) is 6.10 Å². The molecule has 0 amide bonds. The van der Waals surface area contributed by atoms with Gasteiger partial charge in [-0.15, -0.1) is 0 Å². The summed E-state index contributed by atoms with van der Waals surface area (Å²) in [5.41, 5.74) is 0. The van der Waals surface area contributed by atoms with Crippen molar-refractivity contribution in [2.75, 3.05) is 7.11 Å². The van der Waals surface area contributed by atoms with Gasteiger partial charge < -0.3 is 9.47 Å². The molecule has 0 saturated carbocycles. The van der Waals surface area contributed by atoms with E-state index in [1.807, 2.05) is 0 Å². The molecule has 0 rings (SSSR count). The van der Waals surface area contributed by atoms with Gasteiger partial charge in [0.1, 0.15) is 6.07 Å². The van der Waals surface area contributed by atoms with Gasteiger partial charge in [0.15, 0.2) is 0 Å². The van der Waals surface area contributed by atoms with E-state index < -0.39 is 12.1 Å². The lowest BCUT2D eigenvalue weighted by molar-refractivity contribution is -0.152. The monoisotopic (exact) mass is 157 g/mol. The van der Waals surface area contributed by atoms with Gasteiger partial charge in [-0.1, -0.05) is 0 Å². The van der Waals surface area contributed by atoms with Crippen LogP contribution < -0.4 is 0 Å². The van der Waals surface area contributed by atoms with Crippen LogP contribution in [0, 0.1) is 11.3 Å². The van der Waals surface area contributed by atoms with Crippen LogP contribution in [0.5, 0.6) is 0 Å². The van der Waals surface area contributed by atoms with Gasteiger partial charge in [-0.05, 0) is 13.8 Å². The normalized spacial score (nSPS) is 12.3. The molecular formula is C7H11NO3. The highest BCUT2D eigenvalue weighted by atomic mass is 16.6. The Bertz CT molecular complexity index is 171. The van der Waals surface area contributed by atoms with E-state index in [0.717, 1.165) is 0 Å². The van der Waals surface area contributed by atoms with Crippen molar-refractivity contribution in [2.45, 2.75) is 26.1 Å². The first kappa shape index (κ1) is 9.92. The third-order valence-electron chi connectivity index (χ3n) is 0.941. The molecule has 0 aromatic rings. The molecule has 4 heteroatoms.